The molecule has 0 saturated heterocycles. The first kappa shape index (κ1) is 15.8. The Labute approximate surface area is 136 Å². The Hall–Kier alpha value is -1.55. The van der Waals surface area contributed by atoms with Crippen molar-refractivity contribution in [2.75, 3.05) is 6.61 Å². The maximum atomic E-state index is 12.0. The summed E-state index contributed by atoms with van der Waals surface area (Å²) in [5.41, 5.74) is 0.827. The number of ketones is 1. The molecule has 0 radical (unpaired) electrons. The molecule has 108 valence electrons. The highest BCUT2D eigenvalue weighted by Crippen LogP contribution is 2.26. The molecular formula is C15H9Cl3O3. The number of aldehydes is 1. The molecule has 0 fully saturated rings. The van der Waals surface area contributed by atoms with Crippen molar-refractivity contribution in [2.24, 2.45) is 0 Å². The summed E-state index contributed by atoms with van der Waals surface area (Å²) in [4.78, 5) is 22.6. The van der Waals surface area contributed by atoms with Crippen LogP contribution in [0, 0.1) is 0 Å². The Balaban J connectivity index is 2.07. The monoisotopic (exact) mass is 342 g/mol. The minimum absolute atomic E-state index is 0.196. The van der Waals surface area contributed by atoms with Gasteiger partial charge in [-0.1, -0.05) is 34.8 Å². The fraction of sp³-hybridized carbons (Fsp3) is 0.0667. The Morgan fingerprint density at radius 3 is 2.38 bits per heavy atom. The van der Waals surface area contributed by atoms with Crippen LogP contribution in [0.15, 0.2) is 36.4 Å². The summed E-state index contributed by atoms with van der Waals surface area (Å²) in [5.74, 6) is 0.0692. The van der Waals surface area contributed by atoms with Gasteiger partial charge >= 0.3 is 0 Å². The first-order valence-electron chi connectivity index (χ1n) is 5.87. The molecule has 0 aliphatic rings. The van der Waals surface area contributed by atoms with Crippen LogP contribution in [0.3, 0.4) is 0 Å². The van der Waals surface area contributed by atoms with Crippen LogP contribution >= 0.6 is 34.8 Å². The first-order valence-corrected chi connectivity index (χ1v) is 7.00. The van der Waals surface area contributed by atoms with E-state index in [-0.39, 0.29) is 17.4 Å². The Bertz CT molecular complexity index is 699. The SMILES string of the molecule is O=Cc1ccc(OCC(=O)c2ccc(Cl)c(Cl)c2)c(Cl)c1. The van der Waals surface area contributed by atoms with Gasteiger partial charge in [0.2, 0.25) is 0 Å². The molecule has 3 nitrogen and oxygen atoms in total. The second kappa shape index (κ2) is 6.94. The number of halogens is 3. The van der Waals surface area contributed by atoms with Gasteiger partial charge in [-0.05, 0) is 36.4 Å². The third kappa shape index (κ3) is 3.97. The van der Waals surface area contributed by atoms with Gasteiger partial charge in [0.1, 0.15) is 12.0 Å². The average molecular weight is 344 g/mol. The molecule has 0 heterocycles. The van der Waals surface area contributed by atoms with Crippen LogP contribution in [-0.4, -0.2) is 18.7 Å². The highest BCUT2D eigenvalue weighted by atomic mass is 35.5. The van der Waals surface area contributed by atoms with Crippen molar-refractivity contribution in [2.45, 2.75) is 0 Å². The molecule has 0 bridgehead atoms. The number of carbonyl (C=O) groups excluding carboxylic acids is 2. The minimum atomic E-state index is -0.260. The molecule has 0 unspecified atom stereocenters. The molecule has 0 N–H and O–H groups in total. The number of carbonyl (C=O) groups is 2. The van der Waals surface area contributed by atoms with E-state index in [1.54, 1.807) is 18.2 Å². The first-order chi connectivity index (χ1) is 10.0. The van der Waals surface area contributed by atoms with Crippen LogP contribution in [-0.2, 0) is 0 Å². The third-order valence-corrected chi connectivity index (χ3v) is 3.73. The van der Waals surface area contributed by atoms with Gasteiger partial charge < -0.3 is 4.74 Å². The van der Waals surface area contributed by atoms with Crippen LogP contribution in [0.4, 0.5) is 0 Å². The van der Waals surface area contributed by atoms with Gasteiger partial charge in [0.05, 0.1) is 15.1 Å². The second-order valence-corrected chi connectivity index (χ2v) is 5.37. The standard InChI is InChI=1S/C15H9Cl3O3/c16-11-3-2-10(6-12(11)17)14(20)8-21-15-4-1-9(7-19)5-13(15)18/h1-7H,8H2. The lowest BCUT2D eigenvalue weighted by atomic mass is 10.1. The normalized spacial score (nSPS) is 10.2. The van der Waals surface area contributed by atoms with E-state index in [1.165, 1.54) is 18.2 Å². The summed E-state index contributed by atoms with van der Waals surface area (Å²) in [6, 6.07) is 9.15. The fourth-order valence-electron chi connectivity index (χ4n) is 1.60. The number of benzene rings is 2. The predicted molar refractivity (Wildman–Crippen MR) is 83.1 cm³/mol. The molecule has 2 aromatic rings. The van der Waals surface area contributed by atoms with E-state index in [9.17, 15) is 9.59 Å². The highest BCUT2D eigenvalue weighted by molar-refractivity contribution is 6.42. The van der Waals surface area contributed by atoms with Gasteiger partial charge in [-0.3, -0.25) is 9.59 Å². The zero-order valence-electron chi connectivity index (χ0n) is 10.6. The minimum Gasteiger partial charge on any atom is -0.484 e. The van der Waals surface area contributed by atoms with Crippen molar-refractivity contribution < 1.29 is 14.3 Å². The molecule has 0 spiro atoms. The summed E-state index contributed by atoms with van der Waals surface area (Å²) in [6.45, 7) is -0.196. The van der Waals surface area contributed by atoms with Crippen LogP contribution < -0.4 is 4.74 Å². The Morgan fingerprint density at radius 2 is 1.76 bits per heavy atom. The van der Waals surface area contributed by atoms with Crippen molar-refractivity contribution in [1.29, 1.82) is 0 Å². The predicted octanol–water partition coefficient (Wildman–Crippen LogP) is 4.72. The lowest BCUT2D eigenvalue weighted by molar-refractivity contribution is 0.0921. The number of hydrogen-bond acceptors (Lipinski definition) is 3. The van der Waals surface area contributed by atoms with E-state index < -0.39 is 0 Å². The smallest absolute Gasteiger partial charge is 0.200 e. The molecule has 0 saturated carbocycles. The average Bonchev–Trinajstić information content (AvgIpc) is 2.48. The largest absolute Gasteiger partial charge is 0.484 e. The van der Waals surface area contributed by atoms with Crippen molar-refractivity contribution in [3.05, 3.63) is 62.6 Å². The van der Waals surface area contributed by atoms with Crippen LogP contribution in [0.1, 0.15) is 20.7 Å². The Kier molecular flexibility index (Phi) is 5.23. The maximum absolute atomic E-state index is 12.0. The van der Waals surface area contributed by atoms with E-state index in [4.69, 9.17) is 39.5 Å². The third-order valence-electron chi connectivity index (χ3n) is 2.69. The van der Waals surface area contributed by atoms with Crippen molar-refractivity contribution in [3.8, 4) is 5.75 Å². The van der Waals surface area contributed by atoms with Gasteiger partial charge in [-0.15, -0.1) is 0 Å². The summed E-state index contributed by atoms with van der Waals surface area (Å²) < 4.78 is 5.35. The van der Waals surface area contributed by atoms with Gasteiger partial charge in [0, 0.05) is 11.1 Å². The Morgan fingerprint density at radius 1 is 1.00 bits per heavy atom. The highest BCUT2D eigenvalue weighted by Gasteiger charge is 2.10. The van der Waals surface area contributed by atoms with Gasteiger partial charge in [0.25, 0.3) is 0 Å². The fourth-order valence-corrected chi connectivity index (χ4v) is 2.15. The van der Waals surface area contributed by atoms with Crippen molar-refractivity contribution in [3.63, 3.8) is 0 Å². The van der Waals surface area contributed by atoms with Gasteiger partial charge in [-0.2, -0.15) is 0 Å². The molecule has 6 heteroatoms. The van der Waals surface area contributed by atoms with Crippen LogP contribution in [0.2, 0.25) is 15.1 Å². The summed E-state index contributed by atoms with van der Waals surface area (Å²) in [5, 5.41) is 0.944. The molecule has 0 aliphatic carbocycles. The molecule has 0 aliphatic heterocycles. The van der Waals surface area contributed by atoms with E-state index >= 15 is 0 Å². The van der Waals surface area contributed by atoms with Crippen LogP contribution in [0.25, 0.3) is 0 Å². The summed E-state index contributed by atoms with van der Waals surface area (Å²) in [6.07, 6.45) is 0.677. The van der Waals surface area contributed by atoms with E-state index in [0.717, 1.165) is 0 Å². The van der Waals surface area contributed by atoms with Crippen molar-refractivity contribution >= 4 is 46.9 Å². The van der Waals surface area contributed by atoms with E-state index in [1.807, 2.05) is 0 Å². The summed E-state index contributed by atoms with van der Waals surface area (Å²) >= 11 is 17.6. The van der Waals surface area contributed by atoms with E-state index in [0.29, 0.717) is 33.2 Å². The molecule has 2 aromatic carbocycles. The lowest BCUT2D eigenvalue weighted by Gasteiger charge is -2.08. The van der Waals surface area contributed by atoms with Gasteiger partial charge in [-0.25, -0.2) is 0 Å². The second-order valence-electron chi connectivity index (χ2n) is 4.15. The quantitative estimate of drug-likeness (QED) is 0.583. The van der Waals surface area contributed by atoms with E-state index in [2.05, 4.69) is 0 Å². The molecule has 0 atom stereocenters. The summed E-state index contributed by atoms with van der Waals surface area (Å²) in [7, 11) is 0. The topological polar surface area (TPSA) is 43.4 Å². The number of hydrogen-bond donors (Lipinski definition) is 0. The number of rotatable bonds is 5. The number of ether oxygens (including phenoxy) is 1. The number of Topliss-reactive ketones (excluding diaryl/α,β-unsaturated/α-hetero) is 1. The van der Waals surface area contributed by atoms with Gasteiger partial charge in [0.15, 0.2) is 12.4 Å². The molecular weight excluding hydrogens is 335 g/mol. The lowest BCUT2D eigenvalue weighted by Crippen LogP contribution is -2.11. The van der Waals surface area contributed by atoms with Crippen molar-refractivity contribution in [1.82, 2.24) is 0 Å². The maximum Gasteiger partial charge on any atom is 0.200 e. The van der Waals surface area contributed by atoms with Crippen LogP contribution in [0.5, 0.6) is 5.75 Å². The molecule has 0 amide bonds. The molecule has 2 rings (SSSR count). The zero-order chi connectivity index (χ0) is 15.4. The molecule has 0 aromatic heterocycles. The zero-order valence-corrected chi connectivity index (χ0v) is 12.9. The molecule has 21 heavy (non-hydrogen) atoms.